The highest BCUT2D eigenvalue weighted by molar-refractivity contribution is 8.00. The van der Waals surface area contributed by atoms with Gasteiger partial charge in [-0.15, -0.1) is 11.8 Å². The minimum Gasteiger partial charge on any atom is -0.352 e. The summed E-state index contributed by atoms with van der Waals surface area (Å²) in [6.07, 6.45) is 0. The highest BCUT2D eigenvalue weighted by atomic mass is 32.2. The van der Waals surface area contributed by atoms with E-state index in [0.717, 1.165) is 11.6 Å². The lowest BCUT2D eigenvalue weighted by atomic mass is 9.99. The van der Waals surface area contributed by atoms with Gasteiger partial charge in [0.2, 0.25) is 11.8 Å². The first kappa shape index (κ1) is 25.7. The predicted molar refractivity (Wildman–Crippen MR) is 145 cm³/mol. The average molecular weight is 533 g/mol. The van der Waals surface area contributed by atoms with E-state index in [-0.39, 0.29) is 35.7 Å². The van der Waals surface area contributed by atoms with Crippen LogP contribution < -0.4 is 10.2 Å². The van der Waals surface area contributed by atoms with Crippen molar-refractivity contribution in [2.24, 2.45) is 0 Å². The fourth-order valence-electron chi connectivity index (χ4n) is 4.55. The molecule has 0 unspecified atom stereocenters. The highest BCUT2D eigenvalue weighted by Gasteiger charge is 2.38. The molecule has 194 valence electrons. The normalized spacial score (nSPS) is 15.3. The first-order chi connectivity index (χ1) is 18.3. The van der Waals surface area contributed by atoms with E-state index in [1.54, 1.807) is 4.68 Å². The van der Waals surface area contributed by atoms with Gasteiger partial charge in [0, 0.05) is 28.8 Å². The molecule has 1 aliphatic heterocycles. The molecule has 4 aromatic rings. The van der Waals surface area contributed by atoms with Gasteiger partial charge >= 0.3 is 0 Å². The number of anilines is 1. The standard InChI is InChI=1S/C29H26F2N4O2S/c1-18(2)32-24(36)16-34-25(37)17-38-28(22-14-13-20(30)15-23(22)31)26-27(19-9-5-3-6-10-19)33-35(29(26)34)21-11-7-4-8-12-21/h3-15,18,28H,16-17H2,1-2H3,(H,32,36)/t28-/m0/s1. The fraction of sp³-hybridized carbons (Fsp3) is 0.207. The topological polar surface area (TPSA) is 67.2 Å². The summed E-state index contributed by atoms with van der Waals surface area (Å²) in [4.78, 5) is 27.9. The maximum atomic E-state index is 15.2. The average Bonchev–Trinajstić information content (AvgIpc) is 3.23. The van der Waals surface area contributed by atoms with E-state index in [2.05, 4.69) is 5.32 Å². The van der Waals surface area contributed by atoms with E-state index >= 15 is 4.39 Å². The zero-order chi connectivity index (χ0) is 26.8. The molecule has 0 bridgehead atoms. The van der Waals surface area contributed by atoms with E-state index in [0.29, 0.717) is 22.8 Å². The second-order valence-electron chi connectivity index (χ2n) is 9.26. The summed E-state index contributed by atoms with van der Waals surface area (Å²) in [5, 5.41) is 7.10. The Hall–Kier alpha value is -3.98. The van der Waals surface area contributed by atoms with Crippen molar-refractivity contribution in [2.45, 2.75) is 25.1 Å². The maximum Gasteiger partial charge on any atom is 0.240 e. The van der Waals surface area contributed by atoms with E-state index in [9.17, 15) is 14.0 Å². The van der Waals surface area contributed by atoms with Gasteiger partial charge in [0.05, 0.1) is 22.4 Å². The lowest BCUT2D eigenvalue weighted by molar-refractivity contribution is -0.123. The lowest BCUT2D eigenvalue weighted by Crippen LogP contribution is -2.44. The van der Waals surface area contributed by atoms with E-state index in [1.165, 1.54) is 28.8 Å². The Balaban J connectivity index is 1.81. The summed E-state index contributed by atoms with van der Waals surface area (Å²) < 4.78 is 30.7. The second kappa shape index (κ2) is 10.8. The second-order valence-corrected chi connectivity index (χ2v) is 10.4. The summed E-state index contributed by atoms with van der Waals surface area (Å²) in [7, 11) is 0. The third-order valence-electron chi connectivity index (χ3n) is 6.13. The monoisotopic (exact) mass is 532 g/mol. The van der Waals surface area contributed by atoms with Gasteiger partial charge in [-0.3, -0.25) is 14.5 Å². The SMILES string of the molecule is CC(C)NC(=O)CN1C(=O)CS[C@@H](c2ccc(F)cc2F)c2c(-c3ccccc3)nn(-c3ccccc3)c21. The maximum absolute atomic E-state index is 15.2. The molecule has 3 aromatic carbocycles. The molecule has 1 aromatic heterocycles. The van der Waals surface area contributed by atoms with Gasteiger partial charge in [-0.05, 0) is 32.0 Å². The zero-order valence-electron chi connectivity index (χ0n) is 20.9. The number of para-hydroxylation sites is 1. The molecule has 9 heteroatoms. The van der Waals surface area contributed by atoms with Crippen LogP contribution in [0.15, 0.2) is 78.9 Å². The molecule has 2 heterocycles. The van der Waals surface area contributed by atoms with Crippen LogP contribution in [0.1, 0.15) is 30.2 Å². The van der Waals surface area contributed by atoms with Crippen molar-refractivity contribution in [3.63, 3.8) is 0 Å². The number of thioether (sulfide) groups is 1. The molecule has 0 fully saturated rings. The number of hydrogen-bond donors (Lipinski definition) is 1. The summed E-state index contributed by atoms with van der Waals surface area (Å²) in [6, 6.07) is 22.1. The van der Waals surface area contributed by atoms with Gasteiger partial charge in [0.25, 0.3) is 0 Å². The number of hydrogen-bond acceptors (Lipinski definition) is 4. The number of benzene rings is 3. The molecular weight excluding hydrogens is 506 g/mol. The number of halogens is 2. The Morgan fingerprint density at radius 3 is 2.39 bits per heavy atom. The van der Waals surface area contributed by atoms with E-state index in [1.807, 2.05) is 74.5 Å². The van der Waals surface area contributed by atoms with Gasteiger partial charge in [-0.2, -0.15) is 5.10 Å². The molecular formula is C29H26F2N4O2S. The number of amides is 2. The Morgan fingerprint density at radius 1 is 1.05 bits per heavy atom. The third kappa shape index (κ3) is 5.06. The summed E-state index contributed by atoms with van der Waals surface area (Å²) in [5.74, 6) is -1.64. The number of fused-ring (bicyclic) bond motifs is 1. The number of aromatic nitrogens is 2. The van der Waals surface area contributed by atoms with Crippen LogP contribution in [-0.4, -0.2) is 39.9 Å². The van der Waals surface area contributed by atoms with Crippen LogP contribution in [-0.2, 0) is 9.59 Å². The molecule has 1 aliphatic rings. The van der Waals surface area contributed by atoms with Crippen LogP contribution in [0.5, 0.6) is 0 Å². The molecule has 6 nitrogen and oxygen atoms in total. The minimum absolute atomic E-state index is 0.00581. The van der Waals surface area contributed by atoms with Crippen molar-refractivity contribution in [1.29, 1.82) is 0 Å². The van der Waals surface area contributed by atoms with Gasteiger partial charge in [-0.1, -0.05) is 54.6 Å². The largest absolute Gasteiger partial charge is 0.352 e. The van der Waals surface area contributed by atoms with Gasteiger partial charge in [0.1, 0.15) is 24.0 Å². The summed E-state index contributed by atoms with van der Waals surface area (Å²) in [5.41, 5.74) is 2.82. The van der Waals surface area contributed by atoms with E-state index in [4.69, 9.17) is 5.10 Å². The summed E-state index contributed by atoms with van der Waals surface area (Å²) in [6.45, 7) is 3.47. The van der Waals surface area contributed by atoms with Crippen molar-refractivity contribution in [3.05, 3.63) is 102 Å². The molecule has 0 spiro atoms. The molecule has 1 atom stereocenters. The molecule has 38 heavy (non-hydrogen) atoms. The quantitative estimate of drug-likeness (QED) is 0.356. The van der Waals surface area contributed by atoms with Crippen LogP contribution in [0, 0.1) is 11.6 Å². The number of carbonyl (C=O) groups is 2. The smallest absolute Gasteiger partial charge is 0.240 e. The highest BCUT2D eigenvalue weighted by Crippen LogP contribution is 2.49. The Labute approximate surface area is 223 Å². The van der Waals surface area contributed by atoms with Crippen LogP contribution in [0.4, 0.5) is 14.6 Å². The molecule has 2 amide bonds. The predicted octanol–water partition coefficient (Wildman–Crippen LogP) is 5.51. The Kier molecular flexibility index (Phi) is 7.28. The van der Waals surface area contributed by atoms with Gasteiger partial charge in [-0.25, -0.2) is 13.5 Å². The van der Waals surface area contributed by atoms with Crippen LogP contribution >= 0.6 is 11.8 Å². The van der Waals surface area contributed by atoms with Gasteiger partial charge < -0.3 is 5.32 Å². The lowest BCUT2D eigenvalue weighted by Gasteiger charge is -2.23. The number of nitrogens with zero attached hydrogens (tertiary/aromatic N) is 3. The van der Waals surface area contributed by atoms with E-state index < -0.39 is 16.9 Å². The molecule has 0 saturated carbocycles. The van der Waals surface area contributed by atoms with Crippen molar-refractivity contribution in [1.82, 2.24) is 15.1 Å². The molecule has 1 N–H and O–H groups in total. The van der Waals surface area contributed by atoms with Crippen molar-refractivity contribution >= 4 is 29.4 Å². The molecule has 5 rings (SSSR count). The number of nitrogens with one attached hydrogen (secondary N) is 1. The molecule has 0 saturated heterocycles. The fourth-order valence-corrected chi connectivity index (χ4v) is 5.77. The van der Waals surface area contributed by atoms with Crippen molar-refractivity contribution < 1.29 is 18.4 Å². The number of carbonyl (C=O) groups excluding carboxylic acids is 2. The van der Waals surface area contributed by atoms with Crippen LogP contribution in [0.2, 0.25) is 0 Å². The molecule has 0 radical (unpaired) electrons. The van der Waals surface area contributed by atoms with Gasteiger partial charge in [0.15, 0.2) is 0 Å². The first-order valence-corrected chi connectivity index (χ1v) is 13.3. The van der Waals surface area contributed by atoms with Crippen molar-refractivity contribution in [2.75, 3.05) is 17.2 Å². The number of rotatable bonds is 6. The Morgan fingerprint density at radius 2 is 1.74 bits per heavy atom. The first-order valence-electron chi connectivity index (χ1n) is 12.2. The van der Waals surface area contributed by atoms with Crippen molar-refractivity contribution in [3.8, 4) is 16.9 Å². The third-order valence-corrected chi connectivity index (χ3v) is 7.37. The molecule has 0 aliphatic carbocycles. The van der Waals surface area contributed by atoms with Crippen LogP contribution in [0.25, 0.3) is 16.9 Å². The zero-order valence-corrected chi connectivity index (χ0v) is 21.7. The van der Waals surface area contributed by atoms with Crippen LogP contribution in [0.3, 0.4) is 0 Å². The summed E-state index contributed by atoms with van der Waals surface area (Å²) >= 11 is 1.23. The Bertz CT molecular complexity index is 1470. The minimum atomic E-state index is -0.710.